The molecule has 2 N–H and O–H groups in total. The molecule has 8 heteroatoms. The molecule has 0 aliphatic rings. The van der Waals surface area contributed by atoms with E-state index in [-0.39, 0.29) is 33.6 Å². The van der Waals surface area contributed by atoms with Crippen molar-refractivity contribution in [2.45, 2.75) is 37.1 Å². The zero-order valence-corrected chi connectivity index (χ0v) is 18.4. The number of carbonyl (C=O) groups excluding carboxylic acids is 1. The van der Waals surface area contributed by atoms with Gasteiger partial charge < -0.3 is 5.32 Å². The molecular formula is C20H24Cl2N2O3S. The summed E-state index contributed by atoms with van der Waals surface area (Å²) in [5.74, 6) is -0.312. The van der Waals surface area contributed by atoms with E-state index in [1.165, 1.54) is 18.2 Å². The molecule has 2 aromatic carbocycles. The van der Waals surface area contributed by atoms with Crippen LogP contribution in [0.2, 0.25) is 10.0 Å². The Morgan fingerprint density at radius 3 is 2.18 bits per heavy atom. The average Bonchev–Trinajstić information content (AvgIpc) is 2.65. The number of nitrogens with one attached hydrogen (secondary N) is 2. The van der Waals surface area contributed by atoms with Crippen LogP contribution in [0.5, 0.6) is 0 Å². The van der Waals surface area contributed by atoms with Crippen LogP contribution in [0.15, 0.2) is 47.4 Å². The van der Waals surface area contributed by atoms with Crippen LogP contribution in [0.4, 0.5) is 5.69 Å². The summed E-state index contributed by atoms with van der Waals surface area (Å²) in [5.41, 5.74) is 0.939. The van der Waals surface area contributed by atoms with Gasteiger partial charge in [-0.25, -0.2) is 8.42 Å². The molecule has 0 aliphatic carbocycles. The highest BCUT2D eigenvalue weighted by Gasteiger charge is 2.28. The second kappa shape index (κ2) is 9.27. The Kier molecular flexibility index (Phi) is 7.51. The van der Waals surface area contributed by atoms with Crippen molar-refractivity contribution in [3.8, 4) is 0 Å². The monoisotopic (exact) mass is 442 g/mol. The minimum Gasteiger partial charge on any atom is -0.324 e. The number of rotatable bonds is 8. The van der Waals surface area contributed by atoms with Gasteiger partial charge in [0, 0.05) is 16.8 Å². The first-order valence-electron chi connectivity index (χ1n) is 8.92. The van der Waals surface area contributed by atoms with Crippen molar-refractivity contribution in [3.05, 3.63) is 58.1 Å². The summed E-state index contributed by atoms with van der Waals surface area (Å²) in [6, 6.07) is 11.8. The third kappa shape index (κ3) is 5.47. The Labute approximate surface area is 176 Å². The minimum atomic E-state index is -3.40. The van der Waals surface area contributed by atoms with E-state index in [2.05, 4.69) is 24.5 Å². The number of sulfone groups is 1. The standard InChI is InChI=1S/C20H24Cl2N2O3S/c1-4-20(5-2,14-6-8-15(21)9-7-14)23-13-19(25)24-18-12-16(28(3,26)27)10-11-17(18)22/h6-12,23H,4-5,13H2,1-3H3,(H,24,25). The normalized spacial score (nSPS) is 12.0. The minimum absolute atomic E-state index is 0.0454. The van der Waals surface area contributed by atoms with E-state index >= 15 is 0 Å². The molecule has 28 heavy (non-hydrogen) atoms. The molecule has 0 heterocycles. The van der Waals surface area contributed by atoms with E-state index < -0.39 is 9.84 Å². The fourth-order valence-corrected chi connectivity index (χ4v) is 3.99. The van der Waals surface area contributed by atoms with Gasteiger partial charge in [0.1, 0.15) is 0 Å². The lowest BCUT2D eigenvalue weighted by atomic mass is 9.84. The van der Waals surface area contributed by atoms with Crippen LogP contribution in [-0.4, -0.2) is 27.1 Å². The second-order valence-electron chi connectivity index (χ2n) is 6.61. The predicted octanol–water partition coefficient (Wildman–Crippen LogP) is 4.64. The van der Waals surface area contributed by atoms with E-state index in [9.17, 15) is 13.2 Å². The van der Waals surface area contributed by atoms with E-state index in [0.29, 0.717) is 5.02 Å². The number of amides is 1. The van der Waals surface area contributed by atoms with Crippen LogP contribution >= 0.6 is 23.2 Å². The Hall–Kier alpha value is -1.60. The van der Waals surface area contributed by atoms with Gasteiger partial charge in [-0.1, -0.05) is 49.2 Å². The first-order chi connectivity index (χ1) is 13.1. The predicted molar refractivity (Wildman–Crippen MR) is 115 cm³/mol. The Morgan fingerprint density at radius 2 is 1.64 bits per heavy atom. The molecule has 0 fully saturated rings. The molecule has 1 amide bonds. The third-order valence-electron chi connectivity index (χ3n) is 4.83. The lowest BCUT2D eigenvalue weighted by Crippen LogP contribution is -2.45. The SMILES string of the molecule is CCC(CC)(NCC(=O)Nc1cc(S(C)(=O)=O)ccc1Cl)c1ccc(Cl)cc1. The van der Waals surface area contributed by atoms with Crippen molar-refractivity contribution in [2.75, 3.05) is 18.1 Å². The first-order valence-corrected chi connectivity index (χ1v) is 11.6. The number of anilines is 1. The topological polar surface area (TPSA) is 75.3 Å². The van der Waals surface area contributed by atoms with Gasteiger partial charge in [-0.2, -0.15) is 0 Å². The number of carbonyl (C=O) groups is 1. The molecule has 0 spiro atoms. The molecule has 5 nitrogen and oxygen atoms in total. The van der Waals surface area contributed by atoms with Crippen LogP contribution in [0.25, 0.3) is 0 Å². The Morgan fingerprint density at radius 1 is 1.04 bits per heavy atom. The van der Waals surface area contributed by atoms with E-state index in [1.807, 2.05) is 24.3 Å². The van der Waals surface area contributed by atoms with Gasteiger partial charge >= 0.3 is 0 Å². The van der Waals surface area contributed by atoms with Crippen LogP contribution in [-0.2, 0) is 20.2 Å². The third-order valence-corrected chi connectivity index (χ3v) is 6.52. The molecule has 0 unspecified atom stereocenters. The maximum Gasteiger partial charge on any atom is 0.238 e. The quantitative estimate of drug-likeness (QED) is 0.623. The van der Waals surface area contributed by atoms with E-state index in [0.717, 1.165) is 24.7 Å². The molecule has 0 radical (unpaired) electrons. The highest BCUT2D eigenvalue weighted by Crippen LogP contribution is 2.30. The molecular weight excluding hydrogens is 419 g/mol. The Balaban J connectivity index is 2.15. The van der Waals surface area contributed by atoms with Gasteiger partial charge in [0.2, 0.25) is 5.91 Å². The molecule has 0 bridgehead atoms. The van der Waals surface area contributed by atoms with Gasteiger partial charge in [0.05, 0.1) is 22.2 Å². The zero-order chi connectivity index (χ0) is 20.9. The summed E-state index contributed by atoms with van der Waals surface area (Å²) < 4.78 is 23.4. The molecule has 0 atom stereocenters. The van der Waals surface area contributed by atoms with Crippen molar-refractivity contribution in [1.29, 1.82) is 0 Å². The van der Waals surface area contributed by atoms with Crippen LogP contribution in [0.3, 0.4) is 0 Å². The summed E-state index contributed by atoms with van der Waals surface area (Å²) in [6.45, 7) is 4.15. The molecule has 0 saturated carbocycles. The fourth-order valence-electron chi connectivity index (χ4n) is 3.05. The average molecular weight is 443 g/mol. The van der Waals surface area contributed by atoms with Crippen molar-refractivity contribution < 1.29 is 13.2 Å². The van der Waals surface area contributed by atoms with Gasteiger partial charge in [-0.3, -0.25) is 10.1 Å². The van der Waals surface area contributed by atoms with Crippen molar-refractivity contribution >= 4 is 44.6 Å². The summed E-state index contributed by atoms with van der Waals surface area (Å²) in [7, 11) is -3.40. The smallest absolute Gasteiger partial charge is 0.238 e. The summed E-state index contributed by atoms with van der Waals surface area (Å²) in [4.78, 5) is 12.6. The zero-order valence-electron chi connectivity index (χ0n) is 16.1. The lowest BCUT2D eigenvalue weighted by molar-refractivity contribution is -0.115. The van der Waals surface area contributed by atoms with Gasteiger partial charge in [0.15, 0.2) is 9.84 Å². The lowest BCUT2D eigenvalue weighted by Gasteiger charge is -2.33. The highest BCUT2D eigenvalue weighted by molar-refractivity contribution is 7.90. The maximum absolute atomic E-state index is 12.5. The number of hydrogen-bond donors (Lipinski definition) is 2. The highest BCUT2D eigenvalue weighted by atomic mass is 35.5. The molecule has 2 rings (SSSR count). The fraction of sp³-hybridized carbons (Fsp3) is 0.350. The van der Waals surface area contributed by atoms with Crippen molar-refractivity contribution in [1.82, 2.24) is 5.32 Å². The van der Waals surface area contributed by atoms with Crippen LogP contribution < -0.4 is 10.6 Å². The van der Waals surface area contributed by atoms with Crippen molar-refractivity contribution in [2.24, 2.45) is 0 Å². The summed E-state index contributed by atoms with van der Waals surface area (Å²) in [6.07, 6.45) is 2.66. The van der Waals surface area contributed by atoms with Gasteiger partial charge in [-0.05, 0) is 48.7 Å². The van der Waals surface area contributed by atoms with Crippen LogP contribution in [0, 0.1) is 0 Å². The summed E-state index contributed by atoms with van der Waals surface area (Å²) >= 11 is 12.1. The van der Waals surface area contributed by atoms with Crippen molar-refractivity contribution in [3.63, 3.8) is 0 Å². The maximum atomic E-state index is 12.5. The first kappa shape index (κ1) is 22.7. The number of halogens is 2. The van der Waals surface area contributed by atoms with Crippen LogP contribution in [0.1, 0.15) is 32.3 Å². The molecule has 2 aromatic rings. The second-order valence-corrected chi connectivity index (χ2v) is 9.47. The van der Waals surface area contributed by atoms with Gasteiger partial charge in [0.25, 0.3) is 0 Å². The molecule has 152 valence electrons. The van der Waals surface area contributed by atoms with Gasteiger partial charge in [-0.15, -0.1) is 0 Å². The largest absolute Gasteiger partial charge is 0.324 e. The molecule has 0 saturated heterocycles. The van der Waals surface area contributed by atoms with E-state index in [1.54, 1.807) is 0 Å². The Bertz CT molecular complexity index is 940. The molecule has 0 aliphatic heterocycles. The number of hydrogen-bond acceptors (Lipinski definition) is 4. The van der Waals surface area contributed by atoms with E-state index in [4.69, 9.17) is 23.2 Å². The molecule has 0 aromatic heterocycles. The number of benzene rings is 2. The summed E-state index contributed by atoms with van der Waals surface area (Å²) in [5, 5.41) is 6.95.